The molecule has 2 aromatic carbocycles. The molecule has 0 spiro atoms. The van der Waals surface area contributed by atoms with Crippen LogP contribution in [0.1, 0.15) is 12.0 Å². The molecule has 0 N–H and O–H groups in total. The summed E-state index contributed by atoms with van der Waals surface area (Å²) >= 11 is 0. The SMILES string of the molecule is N#Cc1cccc(OCCCS(=O)c2ccccc2)c1. The van der Waals surface area contributed by atoms with E-state index in [1.165, 1.54) is 0 Å². The Morgan fingerprint density at radius 2 is 1.90 bits per heavy atom. The Balaban J connectivity index is 1.77. The van der Waals surface area contributed by atoms with Crippen molar-refractivity contribution >= 4 is 10.8 Å². The minimum atomic E-state index is -0.980. The zero-order valence-corrected chi connectivity index (χ0v) is 11.8. The van der Waals surface area contributed by atoms with Crippen LogP contribution in [-0.4, -0.2) is 16.6 Å². The maximum Gasteiger partial charge on any atom is 0.120 e. The highest BCUT2D eigenvalue weighted by Gasteiger charge is 2.03. The van der Waals surface area contributed by atoms with Gasteiger partial charge in [0.1, 0.15) is 5.75 Å². The molecule has 0 aliphatic carbocycles. The molecule has 0 aliphatic heterocycles. The highest BCUT2D eigenvalue weighted by atomic mass is 32.2. The third-order valence-corrected chi connectivity index (χ3v) is 4.17. The van der Waals surface area contributed by atoms with Crippen molar-refractivity contribution in [3.05, 3.63) is 60.2 Å². The Bertz CT molecular complexity index is 620. The van der Waals surface area contributed by atoms with Gasteiger partial charge in [0.25, 0.3) is 0 Å². The monoisotopic (exact) mass is 285 g/mol. The molecular formula is C16H15NO2S. The second kappa shape index (κ2) is 7.46. The molecule has 2 rings (SSSR count). The zero-order chi connectivity index (χ0) is 14.2. The van der Waals surface area contributed by atoms with Crippen LogP contribution in [-0.2, 0) is 10.8 Å². The lowest BCUT2D eigenvalue weighted by Gasteiger charge is -2.06. The van der Waals surface area contributed by atoms with Crippen LogP contribution in [0.4, 0.5) is 0 Å². The predicted molar refractivity (Wildman–Crippen MR) is 79.0 cm³/mol. The van der Waals surface area contributed by atoms with E-state index in [1.807, 2.05) is 36.4 Å². The molecule has 4 heteroatoms. The molecule has 102 valence electrons. The lowest BCUT2D eigenvalue weighted by atomic mass is 10.2. The number of hydrogen-bond acceptors (Lipinski definition) is 3. The molecule has 0 radical (unpaired) electrons. The fourth-order valence-electron chi connectivity index (χ4n) is 1.73. The van der Waals surface area contributed by atoms with Crippen LogP contribution in [0.3, 0.4) is 0 Å². The average molecular weight is 285 g/mol. The third-order valence-electron chi connectivity index (χ3n) is 2.71. The summed E-state index contributed by atoms with van der Waals surface area (Å²) in [5, 5.41) is 8.79. The first-order valence-electron chi connectivity index (χ1n) is 6.36. The van der Waals surface area contributed by atoms with Gasteiger partial charge in [0.05, 0.1) is 29.0 Å². The van der Waals surface area contributed by atoms with Crippen LogP contribution in [0.2, 0.25) is 0 Å². The van der Waals surface area contributed by atoms with E-state index >= 15 is 0 Å². The number of benzene rings is 2. The first-order chi connectivity index (χ1) is 9.79. The van der Waals surface area contributed by atoms with Crippen molar-refractivity contribution in [1.82, 2.24) is 0 Å². The number of hydrogen-bond donors (Lipinski definition) is 0. The van der Waals surface area contributed by atoms with Crippen molar-refractivity contribution in [2.75, 3.05) is 12.4 Å². The molecule has 0 bridgehead atoms. The quantitative estimate of drug-likeness (QED) is 0.766. The normalized spacial score (nSPS) is 11.6. The number of nitrogens with zero attached hydrogens (tertiary/aromatic N) is 1. The second-order valence-electron chi connectivity index (χ2n) is 4.20. The smallest absolute Gasteiger partial charge is 0.120 e. The van der Waals surface area contributed by atoms with Crippen molar-refractivity contribution in [2.24, 2.45) is 0 Å². The van der Waals surface area contributed by atoms with Crippen molar-refractivity contribution < 1.29 is 8.95 Å². The summed E-state index contributed by atoms with van der Waals surface area (Å²) < 4.78 is 17.5. The van der Waals surface area contributed by atoms with Gasteiger partial charge < -0.3 is 4.74 Å². The Morgan fingerprint density at radius 3 is 2.65 bits per heavy atom. The van der Waals surface area contributed by atoms with E-state index in [1.54, 1.807) is 18.2 Å². The van der Waals surface area contributed by atoms with Gasteiger partial charge in [-0.3, -0.25) is 4.21 Å². The summed E-state index contributed by atoms with van der Waals surface area (Å²) in [4.78, 5) is 0.846. The Labute approximate surface area is 121 Å². The molecule has 20 heavy (non-hydrogen) atoms. The highest BCUT2D eigenvalue weighted by molar-refractivity contribution is 7.85. The minimum Gasteiger partial charge on any atom is -0.494 e. The summed E-state index contributed by atoms with van der Waals surface area (Å²) in [7, 11) is -0.980. The standard InChI is InChI=1S/C16H15NO2S/c17-13-14-6-4-7-15(12-14)19-10-5-11-20(18)16-8-2-1-3-9-16/h1-4,6-9,12H,5,10-11H2. The molecule has 0 heterocycles. The van der Waals surface area contributed by atoms with E-state index in [4.69, 9.17) is 10.00 Å². The Kier molecular flexibility index (Phi) is 5.33. The van der Waals surface area contributed by atoms with E-state index in [0.717, 1.165) is 4.90 Å². The maximum atomic E-state index is 12.0. The van der Waals surface area contributed by atoms with Gasteiger partial charge in [0.2, 0.25) is 0 Å². The van der Waals surface area contributed by atoms with Crippen LogP contribution in [0, 0.1) is 11.3 Å². The molecular weight excluding hydrogens is 270 g/mol. The fourth-order valence-corrected chi connectivity index (χ4v) is 2.80. The van der Waals surface area contributed by atoms with Crippen molar-refractivity contribution in [2.45, 2.75) is 11.3 Å². The van der Waals surface area contributed by atoms with E-state index in [0.29, 0.717) is 30.1 Å². The summed E-state index contributed by atoms with van der Waals surface area (Å²) in [5.41, 5.74) is 0.579. The first-order valence-corrected chi connectivity index (χ1v) is 7.68. The van der Waals surface area contributed by atoms with E-state index < -0.39 is 10.8 Å². The first kappa shape index (κ1) is 14.3. The Morgan fingerprint density at radius 1 is 1.10 bits per heavy atom. The van der Waals surface area contributed by atoms with Crippen LogP contribution in [0.25, 0.3) is 0 Å². The summed E-state index contributed by atoms with van der Waals surface area (Å²) in [6.07, 6.45) is 0.707. The van der Waals surface area contributed by atoms with E-state index in [9.17, 15) is 4.21 Å². The summed E-state index contributed by atoms with van der Waals surface area (Å²) in [5.74, 6) is 1.25. The van der Waals surface area contributed by atoms with E-state index in [-0.39, 0.29) is 0 Å². The van der Waals surface area contributed by atoms with Crippen molar-refractivity contribution in [1.29, 1.82) is 5.26 Å². The molecule has 1 atom stereocenters. The summed E-state index contributed by atoms with van der Waals surface area (Å²) in [6, 6.07) is 18.5. The average Bonchev–Trinajstić information content (AvgIpc) is 2.52. The molecule has 3 nitrogen and oxygen atoms in total. The second-order valence-corrected chi connectivity index (χ2v) is 5.78. The van der Waals surface area contributed by atoms with Gasteiger partial charge in [-0.1, -0.05) is 24.3 Å². The lowest BCUT2D eigenvalue weighted by molar-refractivity contribution is 0.318. The molecule has 0 fully saturated rings. The van der Waals surface area contributed by atoms with Crippen LogP contribution in [0.15, 0.2) is 59.5 Å². The van der Waals surface area contributed by atoms with Gasteiger partial charge >= 0.3 is 0 Å². The van der Waals surface area contributed by atoms with Crippen LogP contribution >= 0.6 is 0 Å². The zero-order valence-electron chi connectivity index (χ0n) is 11.0. The van der Waals surface area contributed by atoms with Gasteiger partial charge in [-0.05, 0) is 36.8 Å². The number of ether oxygens (including phenoxy) is 1. The molecule has 1 unspecified atom stereocenters. The van der Waals surface area contributed by atoms with Crippen LogP contribution < -0.4 is 4.74 Å². The predicted octanol–water partition coefficient (Wildman–Crippen LogP) is 3.13. The van der Waals surface area contributed by atoms with Gasteiger partial charge in [0.15, 0.2) is 0 Å². The van der Waals surface area contributed by atoms with Gasteiger partial charge in [-0.2, -0.15) is 5.26 Å². The number of nitriles is 1. The molecule has 2 aromatic rings. The lowest BCUT2D eigenvalue weighted by Crippen LogP contribution is -2.05. The van der Waals surface area contributed by atoms with Crippen molar-refractivity contribution in [3.8, 4) is 11.8 Å². The third kappa shape index (κ3) is 4.22. The van der Waals surface area contributed by atoms with Crippen molar-refractivity contribution in [3.63, 3.8) is 0 Å². The van der Waals surface area contributed by atoms with E-state index in [2.05, 4.69) is 6.07 Å². The van der Waals surface area contributed by atoms with Gasteiger partial charge in [-0.15, -0.1) is 0 Å². The largest absolute Gasteiger partial charge is 0.494 e. The topological polar surface area (TPSA) is 50.1 Å². The van der Waals surface area contributed by atoms with Crippen LogP contribution in [0.5, 0.6) is 5.75 Å². The Hall–Kier alpha value is -2.12. The van der Waals surface area contributed by atoms with Gasteiger partial charge in [-0.25, -0.2) is 0 Å². The minimum absolute atomic E-state index is 0.494. The highest BCUT2D eigenvalue weighted by Crippen LogP contribution is 2.13. The molecule has 0 saturated carbocycles. The molecule has 0 amide bonds. The fraction of sp³-hybridized carbons (Fsp3) is 0.188. The molecule has 0 aromatic heterocycles. The number of rotatable bonds is 6. The molecule has 0 aliphatic rings. The maximum absolute atomic E-state index is 12.0. The summed E-state index contributed by atoms with van der Waals surface area (Å²) in [6.45, 7) is 0.494. The molecule has 0 saturated heterocycles. The van der Waals surface area contributed by atoms with Gasteiger partial charge in [0, 0.05) is 10.6 Å².